The van der Waals surface area contributed by atoms with Gasteiger partial charge in [-0.3, -0.25) is 0 Å². The maximum atomic E-state index is 11.4. The molecule has 1 aromatic carbocycles. The van der Waals surface area contributed by atoms with Crippen LogP contribution in [0.15, 0.2) is 58.0 Å². The number of thioether (sulfide) groups is 1. The molecule has 0 N–H and O–H groups in total. The van der Waals surface area contributed by atoms with E-state index in [0.29, 0.717) is 11.5 Å². The van der Waals surface area contributed by atoms with E-state index < -0.39 is 5.97 Å². The summed E-state index contributed by atoms with van der Waals surface area (Å²) in [5.41, 5.74) is 3.09. The Labute approximate surface area is 144 Å². The van der Waals surface area contributed by atoms with Crippen LogP contribution in [-0.2, 0) is 10.5 Å². The molecule has 0 saturated heterocycles. The number of nitrogens with zero attached hydrogens (tertiary/aromatic N) is 2. The van der Waals surface area contributed by atoms with Crippen LogP contribution in [0.3, 0.4) is 0 Å². The Kier molecular flexibility index (Phi) is 4.96. The number of rotatable bonds is 5. The van der Waals surface area contributed by atoms with Crippen molar-refractivity contribution in [2.24, 2.45) is 0 Å². The Morgan fingerprint density at radius 2 is 1.96 bits per heavy atom. The zero-order valence-corrected chi connectivity index (χ0v) is 14.2. The minimum Gasteiger partial charge on any atom is -0.463 e. The average Bonchev–Trinajstić information content (AvgIpc) is 3.09. The fraction of sp³-hybridized carbons (Fsp3) is 0.167. The fourth-order valence-corrected chi connectivity index (χ4v) is 2.92. The topological polar surface area (TPSA) is 65.2 Å². The minimum absolute atomic E-state index is 0.203. The van der Waals surface area contributed by atoms with Crippen LogP contribution >= 0.6 is 11.8 Å². The van der Waals surface area contributed by atoms with E-state index in [2.05, 4.69) is 27.9 Å². The second kappa shape index (κ2) is 7.31. The largest absolute Gasteiger partial charge is 0.463 e. The van der Waals surface area contributed by atoms with Gasteiger partial charge in [-0.25, -0.2) is 4.79 Å². The van der Waals surface area contributed by atoms with Crippen LogP contribution in [0.2, 0.25) is 0 Å². The van der Waals surface area contributed by atoms with Gasteiger partial charge >= 0.3 is 5.97 Å². The number of aromatic nitrogens is 2. The van der Waals surface area contributed by atoms with Gasteiger partial charge in [0.1, 0.15) is 10.8 Å². The molecule has 3 aromatic rings. The van der Waals surface area contributed by atoms with E-state index in [-0.39, 0.29) is 5.76 Å². The van der Waals surface area contributed by atoms with Gasteiger partial charge in [-0.05, 0) is 36.8 Å². The number of aryl methyl sites for hydroxylation is 1. The summed E-state index contributed by atoms with van der Waals surface area (Å²) in [6, 6.07) is 15.3. The van der Waals surface area contributed by atoms with Gasteiger partial charge in [0.05, 0.1) is 18.6 Å². The van der Waals surface area contributed by atoms with Gasteiger partial charge in [-0.1, -0.05) is 36.0 Å². The molecule has 3 rings (SSSR count). The van der Waals surface area contributed by atoms with E-state index in [1.54, 1.807) is 12.1 Å². The van der Waals surface area contributed by atoms with Crippen molar-refractivity contribution in [2.45, 2.75) is 17.7 Å². The number of esters is 1. The Morgan fingerprint density at radius 1 is 1.12 bits per heavy atom. The molecule has 24 heavy (non-hydrogen) atoms. The molecule has 0 aliphatic heterocycles. The van der Waals surface area contributed by atoms with E-state index >= 15 is 0 Å². The van der Waals surface area contributed by atoms with Crippen molar-refractivity contribution in [3.05, 3.63) is 65.6 Å². The highest BCUT2D eigenvalue weighted by Gasteiger charge is 2.11. The van der Waals surface area contributed by atoms with Crippen molar-refractivity contribution in [2.75, 3.05) is 7.11 Å². The Hall–Kier alpha value is -2.60. The first-order valence-corrected chi connectivity index (χ1v) is 8.35. The molecule has 122 valence electrons. The first kappa shape index (κ1) is 16.3. The molecule has 0 atom stereocenters. The van der Waals surface area contributed by atoms with Crippen LogP contribution < -0.4 is 0 Å². The molecule has 0 aliphatic carbocycles. The van der Waals surface area contributed by atoms with Gasteiger partial charge in [0.2, 0.25) is 5.76 Å². The maximum Gasteiger partial charge on any atom is 0.373 e. The lowest BCUT2D eigenvalue weighted by atomic mass is 10.1. The van der Waals surface area contributed by atoms with Crippen LogP contribution in [0, 0.1) is 6.92 Å². The quantitative estimate of drug-likeness (QED) is 0.514. The molecule has 2 aromatic heterocycles. The van der Waals surface area contributed by atoms with E-state index in [1.807, 2.05) is 30.3 Å². The van der Waals surface area contributed by atoms with Crippen molar-refractivity contribution in [1.29, 1.82) is 0 Å². The van der Waals surface area contributed by atoms with Crippen LogP contribution in [0.4, 0.5) is 0 Å². The summed E-state index contributed by atoms with van der Waals surface area (Å²) in [4.78, 5) is 11.4. The predicted molar refractivity (Wildman–Crippen MR) is 91.8 cm³/mol. The second-order valence-corrected chi connectivity index (χ2v) is 6.11. The van der Waals surface area contributed by atoms with Crippen LogP contribution in [0.1, 0.15) is 21.9 Å². The van der Waals surface area contributed by atoms with E-state index in [0.717, 1.165) is 21.8 Å². The molecule has 0 radical (unpaired) electrons. The molecule has 0 spiro atoms. The van der Waals surface area contributed by atoms with Gasteiger partial charge < -0.3 is 9.15 Å². The lowest BCUT2D eigenvalue weighted by Crippen LogP contribution is -1.98. The zero-order chi connectivity index (χ0) is 16.9. The Morgan fingerprint density at radius 3 is 2.67 bits per heavy atom. The van der Waals surface area contributed by atoms with Crippen molar-refractivity contribution >= 4 is 17.7 Å². The maximum absolute atomic E-state index is 11.4. The number of carbonyl (C=O) groups is 1. The Balaban J connectivity index is 1.65. The molecule has 0 saturated carbocycles. The molecule has 0 unspecified atom stereocenters. The van der Waals surface area contributed by atoms with Crippen molar-refractivity contribution < 1.29 is 13.9 Å². The monoisotopic (exact) mass is 340 g/mol. The highest BCUT2D eigenvalue weighted by Crippen LogP contribution is 2.25. The number of hydrogen-bond acceptors (Lipinski definition) is 6. The normalized spacial score (nSPS) is 10.6. The first-order chi connectivity index (χ1) is 11.7. The number of ether oxygens (including phenoxy) is 1. The molecule has 6 heteroatoms. The van der Waals surface area contributed by atoms with E-state index in [9.17, 15) is 4.79 Å². The number of furan rings is 1. The van der Waals surface area contributed by atoms with E-state index in [4.69, 9.17) is 4.42 Å². The van der Waals surface area contributed by atoms with Crippen molar-refractivity contribution in [3.63, 3.8) is 0 Å². The highest BCUT2D eigenvalue weighted by molar-refractivity contribution is 7.98. The fourth-order valence-electron chi connectivity index (χ4n) is 2.21. The highest BCUT2D eigenvalue weighted by atomic mass is 32.2. The summed E-state index contributed by atoms with van der Waals surface area (Å²) in [7, 11) is 1.32. The third-order valence-electron chi connectivity index (χ3n) is 3.47. The molecular weight excluding hydrogens is 324 g/mol. The van der Waals surface area contributed by atoms with Crippen LogP contribution in [0.5, 0.6) is 0 Å². The lowest BCUT2D eigenvalue weighted by molar-refractivity contribution is 0.0563. The summed E-state index contributed by atoms with van der Waals surface area (Å²) in [6.45, 7) is 2.05. The molecule has 0 bridgehead atoms. The van der Waals surface area contributed by atoms with Gasteiger partial charge in [0.25, 0.3) is 0 Å². The first-order valence-electron chi connectivity index (χ1n) is 7.37. The van der Waals surface area contributed by atoms with Gasteiger partial charge in [-0.15, -0.1) is 10.2 Å². The molecular formula is C18H16N2O3S. The number of hydrogen-bond donors (Lipinski definition) is 0. The van der Waals surface area contributed by atoms with Gasteiger partial charge in [0, 0.05) is 5.56 Å². The zero-order valence-electron chi connectivity index (χ0n) is 13.4. The molecule has 0 fully saturated rings. The van der Waals surface area contributed by atoms with Crippen LogP contribution in [-0.4, -0.2) is 23.3 Å². The minimum atomic E-state index is -0.478. The molecule has 5 nitrogen and oxygen atoms in total. The van der Waals surface area contributed by atoms with Gasteiger partial charge in [0.15, 0.2) is 0 Å². The summed E-state index contributed by atoms with van der Waals surface area (Å²) >= 11 is 1.49. The second-order valence-electron chi connectivity index (χ2n) is 5.12. The summed E-state index contributed by atoms with van der Waals surface area (Å²) in [5.74, 6) is 0.975. The number of benzene rings is 1. The summed E-state index contributed by atoms with van der Waals surface area (Å²) in [6.07, 6.45) is 0. The smallest absolute Gasteiger partial charge is 0.373 e. The lowest BCUT2D eigenvalue weighted by Gasteiger charge is -2.04. The standard InChI is InChI=1S/C18H16N2O3S/c1-12-5-3-4-6-14(12)15-8-10-17(20-19-15)24-11-13-7-9-16(23-13)18(21)22-2/h3-10H,11H2,1-2H3. The predicted octanol–water partition coefficient (Wildman–Crippen LogP) is 4.12. The van der Waals surface area contributed by atoms with Crippen LogP contribution in [0.25, 0.3) is 11.3 Å². The third-order valence-corrected chi connectivity index (χ3v) is 4.41. The molecule has 0 aliphatic rings. The molecule has 2 heterocycles. The van der Waals surface area contributed by atoms with Crippen molar-refractivity contribution in [1.82, 2.24) is 10.2 Å². The summed E-state index contributed by atoms with van der Waals surface area (Å²) in [5, 5.41) is 9.34. The third kappa shape index (κ3) is 3.65. The number of carbonyl (C=O) groups excluding carboxylic acids is 1. The number of methoxy groups -OCH3 is 1. The Bertz CT molecular complexity index is 843. The summed E-state index contributed by atoms with van der Waals surface area (Å²) < 4.78 is 10.0. The average molecular weight is 340 g/mol. The van der Waals surface area contributed by atoms with Gasteiger partial charge in [-0.2, -0.15) is 0 Å². The van der Waals surface area contributed by atoms with Crippen molar-refractivity contribution in [3.8, 4) is 11.3 Å². The van der Waals surface area contributed by atoms with E-state index in [1.165, 1.54) is 18.9 Å². The SMILES string of the molecule is COC(=O)c1ccc(CSc2ccc(-c3ccccc3C)nn2)o1. The molecule has 0 amide bonds.